The van der Waals surface area contributed by atoms with Crippen molar-refractivity contribution in [2.75, 3.05) is 0 Å². The largest absolute Gasteiger partial charge is 0.402 e. The van der Waals surface area contributed by atoms with Crippen LogP contribution in [0.1, 0.15) is 27.9 Å². The van der Waals surface area contributed by atoms with Crippen LogP contribution in [0.25, 0.3) is 11.4 Å². The number of alkyl halides is 1. The number of halogens is 1. The molecule has 1 unspecified atom stereocenters. The Morgan fingerprint density at radius 2 is 2.03 bits per heavy atom. The number of H-pyrrole nitrogens is 1. The van der Waals surface area contributed by atoms with Crippen molar-refractivity contribution < 1.29 is 9.18 Å². The van der Waals surface area contributed by atoms with Crippen LogP contribution in [0.5, 0.6) is 0 Å². The number of amides is 1. The zero-order chi connectivity index (χ0) is 21.1. The van der Waals surface area contributed by atoms with Gasteiger partial charge >= 0.3 is 0 Å². The highest BCUT2D eigenvalue weighted by molar-refractivity contribution is 5.93. The summed E-state index contributed by atoms with van der Waals surface area (Å²) >= 11 is 0. The molecule has 8 heteroatoms. The van der Waals surface area contributed by atoms with E-state index in [2.05, 4.69) is 15.4 Å². The number of carbonyl (C=O) groups excluding carboxylic acids is 1. The van der Waals surface area contributed by atoms with Gasteiger partial charge < -0.3 is 11.1 Å². The minimum atomic E-state index is -1.34. The van der Waals surface area contributed by atoms with Gasteiger partial charge in [-0.15, -0.1) is 0 Å². The van der Waals surface area contributed by atoms with Crippen LogP contribution in [-0.4, -0.2) is 26.8 Å². The molecule has 3 aromatic rings. The second kappa shape index (κ2) is 8.20. The quantitative estimate of drug-likeness (QED) is 0.606. The number of pyridine rings is 1. The van der Waals surface area contributed by atoms with Crippen LogP contribution in [-0.2, 0) is 6.54 Å². The van der Waals surface area contributed by atoms with Crippen LogP contribution < -0.4 is 16.6 Å². The summed E-state index contributed by atoms with van der Waals surface area (Å²) in [5.74, 6) is 0.0298. The fourth-order valence-electron chi connectivity index (χ4n) is 3.22. The van der Waals surface area contributed by atoms with Crippen LogP contribution in [0.4, 0.5) is 4.39 Å². The lowest BCUT2D eigenvalue weighted by molar-refractivity contribution is 0.0950. The number of hydrogen-bond donors (Lipinski definition) is 3. The number of nitrogens with zero attached hydrogens (tertiary/aromatic N) is 2. The van der Waals surface area contributed by atoms with Crippen molar-refractivity contribution in [3.8, 4) is 5.82 Å². The van der Waals surface area contributed by atoms with Crippen LogP contribution in [0.2, 0.25) is 0 Å². The average Bonchev–Trinajstić information content (AvgIpc) is 3.14. The third-order valence-electron chi connectivity index (χ3n) is 4.85. The van der Waals surface area contributed by atoms with E-state index in [0.717, 1.165) is 5.56 Å². The van der Waals surface area contributed by atoms with Crippen molar-refractivity contribution >= 4 is 11.5 Å². The van der Waals surface area contributed by atoms with Gasteiger partial charge in [0, 0.05) is 36.6 Å². The Balaban J connectivity index is 1.50. The maximum Gasteiger partial charge on any atom is 0.280 e. The van der Waals surface area contributed by atoms with E-state index in [1.54, 1.807) is 18.2 Å². The van der Waals surface area contributed by atoms with E-state index < -0.39 is 11.7 Å². The molecule has 4 N–H and O–H groups in total. The summed E-state index contributed by atoms with van der Waals surface area (Å²) in [6.07, 6.45) is 4.68. The van der Waals surface area contributed by atoms with Crippen molar-refractivity contribution in [2.45, 2.75) is 19.1 Å². The molecule has 30 heavy (non-hydrogen) atoms. The smallest absolute Gasteiger partial charge is 0.280 e. The number of aromatic nitrogens is 3. The second-order valence-electron chi connectivity index (χ2n) is 6.94. The Hall–Kier alpha value is -3.94. The molecule has 0 aliphatic heterocycles. The van der Waals surface area contributed by atoms with Crippen molar-refractivity contribution in [3.05, 3.63) is 99.8 Å². The van der Waals surface area contributed by atoms with Gasteiger partial charge in [-0.25, -0.2) is 14.1 Å². The molecule has 0 fully saturated rings. The van der Waals surface area contributed by atoms with Gasteiger partial charge in [-0.3, -0.25) is 14.7 Å². The highest BCUT2D eigenvalue weighted by atomic mass is 19.1. The first kappa shape index (κ1) is 19.4. The zero-order valence-corrected chi connectivity index (χ0v) is 16.0. The fourth-order valence-corrected chi connectivity index (χ4v) is 3.22. The van der Waals surface area contributed by atoms with E-state index in [0.29, 0.717) is 23.6 Å². The lowest BCUT2D eigenvalue weighted by Crippen LogP contribution is -2.24. The fraction of sp³-hybridized carbons (Fsp3) is 0.136. The maximum atomic E-state index is 14.3. The molecule has 1 aliphatic rings. The van der Waals surface area contributed by atoms with E-state index in [9.17, 15) is 14.0 Å². The third-order valence-corrected chi connectivity index (χ3v) is 4.85. The Labute approximate surface area is 171 Å². The molecule has 4 rings (SSSR count). The number of carbonyl (C=O) groups is 1. The van der Waals surface area contributed by atoms with Crippen LogP contribution >= 0.6 is 0 Å². The van der Waals surface area contributed by atoms with Gasteiger partial charge in [-0.2, -0.15) is 0 Å². The molecule has 7 nitrogen and oxygen atoms in total. The standard InChI is InChI=1S/C22H20FN5O2/c23-19-10-16(24)7-8-17(19)18-13-27-28(22(18)30)20-9-6-15(12-25-20)21(29)26-11-14-4-2-1-3-5-14/h1-9,12-13,19,27H,10-11,24H2,(H,26,29). The number of aromatic amines is 1. The second-order valence-corrected chi connectivity index (χ2v) is 6.94. The first-order valence-corrected chi connectivity index (χ1v) is 9.42. The Kier molecular flexibility index (Phi) is 5.30. The molecular formula is C22H20FN5O2. The molecule has 0 radical (unpaired) electrons. The summed E-state index contributed by atoms with van der Waals surface area (Å²) in [4.78, 5) is 29.2. The van der Waals surface area contributed by atoms with Crippen LogP contribution in [0.15, 0.2) is 77.5 Å². The summed E-state index contributed by atoms with van der Waals surface area (Å²) < 4.78 is 15.5. The molecule has 2 heterocycles. The molecule has 1 aliphatic carbocycles. The Bertz CT molecular complexity index is 1180. The molecule has 1 amide bonds. The summed E-state index contributed by atoms with van der Waals surface area (Å²) in [6, 6.07) is 12.7. The first-order chi connectivity index (χ1) is 14.5. The van der Waals surface area contributed by atoms with Crippen LogP contribution in [0.3, 0.4) is 0 Å². The molecule has 0 saturated heterocycles. The van der Waals surface area contributed by atoms with Gasteiger partial charge in [0.15, 0.2) is 5.82 Å². The van der Waals surface area contributed by atoms with E-state index in [1.165, 1.54) is 23.2 Å². The first-order valence-electron chi connectivity index (χ1n) is 9.42. The monoisotopic (exact) mass is 405 g/mol. The summed E-state index contributed by atoms with van der Waals surface area (Å²) in [7, 11) is 0. The molecule has 2 aromatic heterocycles. The van der Waals surface area contributed by atoms with Gasteiger partial charge in [0.25, 0.3) is 11.5 Å². The van der Waals surface area contributed by atoms with Gasteiger partial charge in [0.2, 0.25) is 0 Å². The molecular weight excluding hydrogens is 385 g/mol. The zero-order valence-electron chi connectivity index (χ0n) is 16.0. The molecule has 1 aromatic carbocycles. The highest BCUT2D eigenvalue weighted by Gasteiger charge is 2.23. The van der Waals surface area contributed by atoms with Crippen molar-refractivity contribution in [3.63, 3.8) is 0 Å². The van der Waals surface area contributed by atoms with E-state index >= 15 is 0 Å². The summed E-state index contributed by atoms with van der Waals surface area (Å²) in [5, 5.41) is 5.62. The van der Waals surface area contributed by atoms with Gasteiger partial charge in [0.1, 0.15) is 6.17 Å². The van der Waals surface area contributed by atoms with Crippen LogP contribution in [0, 0.1) is 0 Å². The van der Waals surface area contributed by atoms with Crippen molar-refractivity contribution in [1.82, 2.24) is 20.1 Å². The predicted octanol–water partition coefficient (Wildman–Crippen LogP) is 2.46. The molecule has 152 valence electrons. The number of rotatable bonds is 5. The summed E-state index contributed by atoms with van der Waals surface area (Å²) in [6.45, 7) is 0.402. The predicted molar refractivity (Wildman–Crippen MR) is 112 cm³/mol. The normalized spacial score (nSPS) is 16.0. The summed E-state index contributed by atoms with van der Waals surface area (Å²) in [5.41, 5.74) is 7.50. The average molecular weight is 405 g/mol. The Morgan fingerprint density at radius 1 is 1.23 bits per heavy atom. The van der Waals surface area contributed by atoms with Gasteiger partial charge in [-0.05, 0) is 23.8 Å². The molecule has 0 saturated carbocycles. The minimum absolute atomic E-state index is 0.0570. The number of benzene rings is 1. The number of allylic oxidation sites excluding steroid dienone is 4. The third kappa shape index (κ3) is 3.93. The lowest BCUT2D eigenvalue weighted by Gasteiger charge is -2.14. The van der Waals surface area contributed by atoms with Gasteiger partial charge in [-0.1, -0.05) is 36.4 Å². The maximum absolute atomic E-state index is 14.3. The molecule has 0 bridgehead atoms. The van der Waals surface area contributed by atoms with Gasteiger partial charge in [0.05, 0.1) is 11.1 Å². The van der Waals surface area contributed by atoms with E-state index in [-0.39, 0.29) is 23.5 Å². The van der Waals surface area contributed by atoms with Crippen molar-refractivity contribution in [1.29, 1.82) is 0 Å². The molecule has 1 atom stereocenters. The number of nitrogens with two attached hydrogens (primary N) is 1. The van der Waals surface area contributed by atoms with E-state index in [1.807, 2.05) is 30.3 Å². The van der Waals surface area contributed by atoms with Crippen molar-refractivity contribution in [2.24, 2.45) is 5.73 Å². The lowest BCUT2D eigenvalue weighted by atomic mass is 9.96. The Morgan fingerprint density at radius 3 is 2.73 bits per heavy atom. The van der Waals surface area contributed by atoms with E-state index in [4.69, 9.17) is 5.73 Å². The number of hydrogen-bond acceptors (Lipinski definition) is 4. The molecule has 0 spiro atoms. The topological polar surface area (TPSA) is 106 Å². The minimum Gasteiger partial charge on any atom is -0.402 e. The SMILES string of the molecule is NC1=CC=C(c2c[nH]n(-c3ccc(C(=O)NCc4ccccc4)cn3)c2=O)C(F)C1. The number of nitrogens with one attached hydrogen (secondary N) is 2. The highest BCUT2D eigenvalue weighted by Crippen LogP contribution is 2.26.